The molecule has 0 saturated heterocycles. The van der Waals surface area contributed by atoms with Crippen molar-refractivity contribution in [2.45, 2.75) is 7.35 Å². The van der Waals surface area contributed by atoms with Gasteiger partial charge in [-0.15, -0.1) is 0 Å². The molecule has 4 rings (SSSR count). The smallest absolute Gasteiger partial charge is 1.00 e. The van der Waals surface area contributed by atoms with Gasteiger partial charge < -0.3 is 24.8 Å². The average Bonchev–Trinajstić information content (AvgIpc) is 3.35. The van der Waals surface area contributed by atoms with E-state index in [1.54, 1.807) is 3.26 Å². The van der Waals surface area contributed by atoms with Crippen LogP contribution in [0.25, 0.3) is 0 Å². The summed E-state index contributed by atoms with van der Waals surface area (Å²) in [4.78, 5) is 0. The number of rotatable bonds is 4. The molecule has 2 aromatic rings. The third-order valence-electron chi connectivity index (χ3n) is 4.63. The van der Waals surface area contributed by atoms with E-state index in [1.165, 1.54) is 11.1 Å². The van der Waals surface area contributed by atoms with E-state index in [-0.39, 0.29) is 24.8 Å². The van der Waals surface area contributed by atoms with E-state index >= 15 is 0 Å². The molecule has 26 heavy (non-hydrogen) atoms. The predicted molar refractivity (Wildman–Crippen MR) is 100 cm³/mol. The first kappa shape index (κ1) is 21.0. The molecule has 3 heteroatoms. The van der Waals surface area contributed by atoms with Gasteiger partial charge in [-0.1, -0.05) is 0 Å². The standard InChI is InChI=1S/C13H10.2C5H5.2ClH.Hf/c1-3-7-12(8-4-1)11-13-9-5-2-6-10-13;2*1-2-4-5-3-1;;;/h1-10H;2*1-5H;2*1H;/q;;;;;+2/p-2. The van der Waals surface area contributed by atoms with Crippen molar-refractivity contribution < 1.29 is 45.8 Å². The van der Waals surface area contributed by atoms with Gasteiger partial charge in [0.05, 0.1) is 0 Å². The first-order valence-electron chi connectivity index (χ1n) is 8.48. The van der Waals surface area contributed by atoms with Crippen LogP contribution >= 0.6 is 0 Å². The van der Waals surface area contributed by atoms with E-state index in [9.17, 15) is 0 Å². The molecule has 0 unspecified atom stereocenters. The molecule has 0 N–H and O–H groups in total. The van der Waals surface area contributed by atoms with E-state index in [1.807, 2.05) is 0 Å². The Balaban J connectivity index is 0.00000121. The van der Waals surface area contributed by atoms with E-state index in [0.29, 0.717) is 7.35 Å². The van der Waals surface area contributed by atoms with Crippen molar-refractivity contribution >= 4 is 3.26 Å². The molecule has 2 aromatic carbocycles. The molecule has 0 spiro atoms. The molecule has 0 atom stereocenters. The molecule has 0 bridgehead atoms. The van der Waals surface area contributed by atoms with Gasteiger partial charge in [0.2, 0.25) is 0 Å². The Morgan fingerprint density at radius 2 is 0.885 bits per heavy atom. The van der Waals surface area contributed by atoms with Crippen LogP contribution in [0.5, 0.6) is 0 Å². The zero-order valence-electron chi connectivity index (χ0n) is 14.3. The first-order chi connectivity index (χ1) is 11.9. The molecule has 2 aliphatic rings. The van der Waals surface area contributed by atoms with Gasteiger partial charge in [0.25, 0.3) is 0 Å². The minimum Gasteiger partial charge on any atom is -1.00 e. The molecular weight excluding hydrogens is 526 g/mol. The molecule has 0 fully saturated rings. The Bertz CT molecular complexity index is 766. The van der Waals surface area contributed by atoms with Crippen molar-refractivity contribution in [2.24, 2.45) is 0 Å². The molecule has 0 nitrogen and oxygen atoms in total. The molecule has 130 valence electrons. The minimum atomic E-state index is -2.27. The molecule has 0 radical (unpaired) electrons. The maximum Gasteiger partial charge on any atom is -1.00 e. The van der Waals surface area contributed by atoms with Gasteiger partial charge in [-0.25, -0.2) is 0 Å². The van der Waals surface area contributed by atoms with Crippen LogP contribution in [0.4, 0.5) is 0 Å². The fourth-order valence-corrected chi connectivity index (χ4v) is 15.7. The van der Waals surface area contributed by atoms with Crippen LogP contribution in [0.15, 0.2) is 109 Å². The second kappa shape index (κ2) is 10.2. The van der Waals surface area contributed by atoms with Crippen LogP contribution < -0.4 is 24.8 Å². The number of allylic oxidation sites excluding steroid dienone is 8. The molecule has 0 heterocycles. The summed E-state index contributed by atoms with van der Waals surface area (Å²) in [5.74, 6) is 0. The zero-order chi connectivity index (χ0) is 16.2. The van der Waals surface area contributed by atoms with Crippen LogP contribution in [-0.4, -0.2) is 3.26 Å². The summed E-state index contributed by atoms with van der Waals surface area (Å²) < 4.78 is 2.93. The summed E-state index contributed by atoms with van der Waals surface area (Å²) in [6, 6.07) is 22.1. The van der Waals surface area contributed by atoms with Gasteiger partial charge in [-0.3, -0.25) is 0 Å². The van der Waals surface area contributed by atoms with Gasteiger partial charge in [0, 0.05) is 0 Å². The monoisotopic (exact) mass is 546 g/mol. The zero-order valence-corrected chi connectivity index (χ0v) is 19.4. The topological polar surface area (TPSA) is 0 Å². The van der Waals surface area contributed by atoms with Crippen molar-refractivity contribution in [2.75, 3.05) is 0 Å². The summed E-state index contributed by atoms with van der Waals surface area (Å²) in [6.45, 7) is 0. The molecule has 0 aromatic heterocycles. The first-order valence-corrected chi connectivity index (χ1v) is 14.4. The van der Waals surface area contributed by atoms with Crippen molar-refractivity contribution in [3.05, 3.63) is 120 Å². The van der Waals surface area contributed by atoms with Crippen molar-refractivity contribution in [1.82, 2.24) is 0 Å². The maximum atomic E-state index is 2.42. The minimum absolute atomic E-state index is 0. The third-order valence-corrected chi connectivity index (χ3v) is 16.7. The fourth-order valence-electron chi connectivity index (χ4n) is 3.54. The van der Waals surface area contributed by atoms with E-state index < -0.39 is 21.0 Å². The van der Waals surface area contributed by atoms with Gasteiger partial charge in [0.1, 0.15) is 0 Å². The van der Waals surface area contributed by atoms with Crippen LogP contribution in [0.2, 0.25) is 7.35 Å². The Hall–Kier alpha value is -1.28. The van der Waals surface area contributed by atoms with E-state index in [4.69, 9.17) is 0 Å². The Labute approximate surface area is 175 Å². The molecule has 0 saturated carbocycles. The Kier molecular flexibility index (Phi) is 8.21. The van der Waals surface area contributed by atoms with Crippen LogP contribution in [-0.2, 0) is 21.0 Å². The molecule has 0 aliphatic heterocycles. The second-order valence-corrected chi connectivity index (χ2v) is 16.0. The summed E-state index contributed by atoms with van der Waals surface area (Å²) in [7, 11) is 0. The molecule has 2 aliphatic carbocycles. The number of hydrogen-bond donors (Lipinski definition) is 0. The number of halogens is 2. The summed E-state index contributed by atoms with van der Waals surface area (Å²) >= 11 is -2.27. The van der Waals surface area contributed by atoms with Crippen molar-refractivity contribution in [3.63, 3.8) is 0 Å². The Morgan fingerprint density at radius 1 is 0.538 bits per heavy atom. The Morgan fingerprint density at radius 3 is 1.23 bits per heavy atom. The van der Waals surface area contributed by atoms with Crippen LogP contribution in [0.1, 0.15) is 11.1 Å². The summed E-state index contributed by atoms with van der Waals surface area (Å²) in [5.41, 5.74) is 2.82. The largest absolute Gasteiger partial charge is 1.00 e. The second-order valence-electron chi connectivity index (χ2n) is 6.15. The summed E-state index contributed by atoms with van der Waals surface area (Å²) in [6.07, 6.45) is 18.6. The number of benzene rings is 2. The third kappa shape index (κ3) is 4.52. The van der Waals surface area contributed by atoms with Gasteiger partial charge in [-0.2, -0.15) is 0 Å². The predicted octanol–water partition coefficient (Wildman–Crippen LogP) is -0.289. The van der Waals surface area contributed by atoms with E-state index in [2.05, 4.69) is 109 Å². The van der Waals surface area contributed by atoms with E-state index in [0.717, 1.165) is 0 Å². The van der Waals surface area contributed by atoms with Crippen LogP contribution in [0, 0.1) is 0 Å². The van der Waals surface area contributed by atoms with Gasteiger partial charge in [0.15, 0.2) is 0 Å². The van der Waals surface area contributed by atoms with Gasteiger partial charge >= 0.3 is 152 Å². The van der Waals surface area contributed by atoms with Gasteiger partial charge in [-0.05, 0) is 0 Å². The van der Waals surface area contributed by atoms with Crippen molar-refractivity contribution in [1.29, 1.82) is 0 Å². The SMILES string of the molecule is C1=C[CH]([Hf+2](=[C](c2ccccc2)c2ccccc2)[CH]2C=CC=C2)C=C1.[Cl-].[Cl-]. The average molecular weight is 546 g/mol. The normalized spacial score (nSPS) is 14.6. The van der Waals surface area contributed by atoms with Crippen LogP contribution in [0.3, 0.4) is 0 Å². The maximum absolute atomic E-state index is 2.42. The fraction of sp³-hybridized carbons (Fsp3) is 0.0870. The molecule has 0 amide bonds. The summed E-state index contributed by atoms with van der Waals surface area (Å²) in [5, 5.41) is 0. The number of hydrogen-bond acceptors (Lipinski definition) is 0. The van der Waals surface area contributed by atoms with Crippen molar-refractivity contribution in [3.8, 4) is 0 Å². The quantitative estimate of drug-likeness (QED) is 0.464. The molecular formula is C23H20Cl2Hf.